The molecule has 4 nitrogen and oxygen atoms in total. The van der Waals surface area contributed by atoms with Gasteiger partial charge in [0.15, 0.2) is 0 Å². The molecule has 0 aliphatic heterocycles. The molecule has 1 amide bonds. The lowest BCUT2D eigenvalue weighted by atomic mass is 10.0. The van der Waals surface area contributed by atoms with Gasteiger partial charge in [-0.15, -0.1) is 0 Å². The van der Waals surface area contributed by atoms with Crippen molar-refractivity contribution in [1.29, 1.82) is 0 Å². The van der Waals surface area contributed by atoms with Crippen LogP contribution < -0.4 is 16.8 Å². The van der Waals surface area contributed by atoms with E-state index < -0.39 is 0 Å². The topological polar surface area (TPSA) is 81.1 Å². The maximum Gasteiger partial charge on any atom is 0.222 e. The second-order valence-electron chi connectivity index (χ2n) is 3.89. The van der Waals surface area contributed by atoms with Crippen LogP contribution in [0.5, 0.6) is 0 Å². The second-order valence-corrected chi connectivity index (χ2v) is 3.89. The maximum atomic E-state index is 11.4. The number of nitrogens with one attached hydrogen (secondary N) is 1. The Labute approximate surface area is 86.4 Å². The van der Waals surface area contributed by atoms with Crippen molar-refractivity contribution in [3.8, 4) is 0 Å². The van der Waals surface area contributed by atoms with E-state index in [0.717, 1.165) is 19.3 Å². The number of amides is 1. The highest BCUT2D eigenvalue weighted by atomic mass is 16.1. The van der Waals surface area contributed by atoms with Crippen LogP contribution >= 0.6 is 0 Å². The highest BCUT2D eigenvalue weighted by molar-refractivity contribution is 5.78. The van der Waals surface area contributed by atoms with Gasteiger partial charge in [-0.25, -0.2) is 0 Å². The Balaban J connectivity index is 3.51. The van der Waals surface area contributed by atoms with Crippen LogP contribution in [0.4, 0.5) is 0 Å². The normalized spacial score (nSPS) is 14.9. The van der Waals surface area contributed by atoms with E-state index in [4.69, 9.17) is 11.5 Å². The van der Waals surface area contributed by atoms with Crippen LogP contribution in [0.3, 0.4) is 0 Å². The molecule has 0 aromatic rings. The first-order valence-electron chi connectivity index (χ1n) is 5.31. The van der Waals surface area contributed by atoms with E-state index in [2.05, 4.69) is 5.32 Å². The fourth-order valence-corrected chi connectivity index (χ4v) is 1.25. The van der Waals surface area contributed by atoms with E-state index in [1.807, 2.05) is 13.8 Å². The van der Waals surface area contributed by atoms with Crippen molar-refractivity contribution in [2.24, 2.45) is 17.4 Å². The zero-order chi connectivity index (χ0) is 11.0. The predicted molar refractivity (Wildman–Crippen MR) is 58.7 cm³/mol. The first kappa shape index (κ1) is 13.4. The summed E-state index contributed by atoms with van der Waals surface area (Å²) in [6, 6.07) is 0.231. The molecule has 0 rings (SSSR count). The SMILES string of the molecule is CC(N)CCCC(C)C(=O)NCCN. The van der Waals surface area contributed by atoms with E-state index >= 15 is 0 Å². The molecule has 0 saturated carbocycles. The quantitative estimate of drug-likeness (QED) is 0.551. The summed E-state index contributed by atoms with van der Waals surface area (Å²) in [6.45, 7) is 4.99. The zero-order valence-electron chi connectivity index (χ0n) is 9.25. The summed E-state index contributed by atoms with van der Waals surface area (Å²) in [4.78, 5) is 11.4. The van der Waals surface area contributed by atoms with Crippen LogP contribution in [-0.2, 0) is 4.79 Å². The molecular weight excluding hydrogens is 178 g/mol. The van der Waals surface area contributed by atoms with Gasteiger partial charge in [0.05, 0.1) is 0 Å². The number of hydrogen-bond acceptors (Lipinski definition) is 3. The van der Waals surface area contributed by atoms with Gasteiger partial charge < -0.3 is 16.8 Å². The number of rotatable bonds is 7. The monoisotopic (exact) mass is 201 g/mol. The first-order valence-corrected chi connectivity index (χ1v) is 5.31. The van der Waals surface area contributed by atoms with Crippen LogP contribution in [0.1, 0.15) is 33.1 Å². The zero-order valence-corrected chi connectivity index (χ0v) is 9.25. The molecule has 5 N–H and O–H groups in total. The van der Waals surface area contributed by atoms with E-state index in [1.165, 1.54) is 0 Å². The van der Waals surface area contributed by atoms with E-state index in [0.29, 0.717) is 13.1 Å². The molecular formula is C10H23N3O. The van der Waals surface area contributed by atoms with Crippen LogP contribution in [0, 0.1) is 5.92 Å². The van der Waals surface area contributed by atoms with Gasteiger partial charge in [-0.3, -0.25) is 4.79 Å². The van der Waals surface area contributed by atoms with E-state index in [9.17, 15) is 4.79 Å². The predicted octanol–water partition coefficient (Wildman–Crippen LogP) is 0.215. The molecule has 2 atom stereocenters. The van der Waals surface area contributed by atoms with Gasteiger partial charge in [0.2, 0.25) is 5.91 Å². The van der Waals surface area contributed by atoms with Gasteiger partial charge in [-0.2, -0.15) is 0 Å². The third-order valence-electron chi connectivity index (χ3n) is 2.19. The number of carbonyl (C=O) groups is 1. The molecule has 0 spiro atoms. The first-order chi connectivity index (χ1) is 6.57. The molecule has 0 aliphatic rings. The number of hydrogen-bond donors (Lipinski definition) is 3. The van der Waals surface area contributed by atoms with Gasteiger partial charge in [0.1, 0.15) is 0 Å². The minimum atomic E-state index is 0.0697. The Morgan fingerprint density at radius 1 is 1.36 bits per heavy atom. The number of carbonyl (C=O) groups excluding carboxylic acids is 1. The summed E-state index contributed by atoms with van der Waals surface area (Å²) < 4.78 is 0. The molecule has 0 aromatic heterocycles. The minimum Gasteiger partial charge on any atom is -0.355 e. The Hall–Kier alpha value is -0.610. The Morgan fingerprint density at radius 2 is 2.00 bits per heavy atom. The third kappa shape index (κ3) is 6.86. The van der Waals surface area contributed by atoms with Gasteiger partial charge in [0, 0.05) is 25.0 Å². The van der Waals surface area contributed by atoms with Crippen molar-refractivity contribution in [3.63, 3.8) is 0 Å². The van der Waals surface area contributed by atoms with Crippen molar-refractivity contribution >= 4 is 5.91 Å². The molecule has 2 unspecified atom stereocenters. The molecule has 0 saturated heterocycles. The summed E-state index contributed by atoms with van der Waals surface area (Å²) in [5.41, 5.74) is 10.9. The van der Waals surface area contributed by atoms with Crippen molar-refractivity contribution in [3.05, 3.63) is 0 Å². The molecule has 0 aromatic carbocycles. The molecule has 14 heavy (non-hydrogen) atoms. The van der Waals surface area contributed by atoms with Crippen molar-refractivity contribution in [2.45, 2.75) is 39.2 Å². The highest BCUT2D eigenvalue weighted by Gasteiger charge is 2.11. The maximum absolute atomic E-state index is 11.4. The summed E-state index contributed by atoms with van der Waals surface area (Å²) in [5, 5.41) is 2.78. The smallest absolute Gasteiger partial charge is 0.222 e. The average Bonchev–Trinajstić information content (AvgIpc) is 2.13. The Bertz CT molecular complexity index is 159. The molecule has 0 bridgehead atoms. The molecule has 4 heteroatoms. The molecule has 0 fully saturated rings. The molecule has 0 radical (unpaired) electrons. The molecule has 0 heterocycles. The minimum absolute atomic E-state index is 0.0697. The third-order valence-corrected chi connectivity index (χ3v) is 2.19. The lowest BCUT2D eigenvalue weighted by Gasteiger charge is -2.12. The fourth-order valence-electron chi connectivity index (χ4n) is 1.25. The van der Waals surface area contributed by atoms with Gasteiger partial charge in [0.25, 0.3) is 0 Å². The standard InChI is InChI=1S/C10H23N3O/c1-8(4-3-5-9(2)12)10(14)13-7-6-11/h8-9H,3-7,11-12H2,1-2H3,(H,13,14). The van der Waals surface area contributed by atoms with Crippen LogP contribution in [0.2, 0.25) is 0 Å². The lowest BCUT2D eigenvalue weighted by molar-refractivity contribution is -0.124. The van der Waals surface area contributed by atoms with E-state index in [1.54, 1.807) is 0 Å². The summed E-state index contributed by atoms with van der Waals surface area (Å²) in [6.07, 6.45) is 2.89. The van der Waals surface area contributed by atoms with E-state index in [-0.39, 0.29) is 17.9 Å². The van der Waals surface area contributed by atoms with Gasteiger partial charge in [-0.05, 0) is 19.8 Å². The second kappa shape index (κ2) is 7.76. The van der Waals surface area contributed by atoms with Crippen LogP contribution in [-0.4, -0.2) is 25.0 Å². The largest absolute Gasteiger partial charge is 0.355 e. The van der Waals surface area contributed by atoms with Gasteiger partial charge >= 0.3 is 0 Å². The summed E-state index contributed by atoms with van der Waals surface area (Å²) >= 11 is 0. The summed E-state index contributed by atoms with van der Waals surface area (Å²) in [5.74, 6) is 0.167. The summed E-state index contributed by atoms with van der Waals surface area (Å²) in [7, 11) is 0. The average molecular weight is 201 g/mol. The molecule has 84 valence electrons. The Kier molecular flexibility index (Phi) is 7.42. The fraction of sp³-hybridized carbons (Fsp3) is 0.900. The molecule has 0 aliphatic carbocycles. The van der Waals surface area contributed by atoms with Crippen molar-refractivity contribution in [1.82, 2.24) is 5.32 Å². The number of nitrogens with two attached hydrogens (primary N) is 2. The van der Waals surface area contributed by atoms with Crippen LogP contribution in [0.25, 0.3) is 0 Å². The van der Waals surface area contributed by atoms with Crippen LogP contribution in [0.15, 0.2) is 0 Å². The Morgan fingerprint density at radius 3 is 2.50 bits per heavy atom. The van der Waals surface area contributed by atoms with Crippen molar-refractivity contribution in [2.75, 3.05) is 13.1 Å². The lowest BCUT2D eigenvalue weighted by Crippen LogP contribution is -2.33. The van der Waals surface area contributed by atoms with Crippen molar-refractivity contribution < 1.29 is 4.79 Å². The highest BCUT2D eigenvalue weighted by Crippen LogP contribution is 2.08. The van der Waals surface area contributed by atoms with Gasteiger partial charge in [-0.1, -0.05) is 13.3 Å².